The maximum atomic E-state index is 8.71. The van der Waals surface area contributed by atoms with Crippen LogP contribution in [0, 0.1) is 0 Å². The van der Waals surface area contributed by atoms with Gasteiger partial charge in [0.25, 0.3) is 0 Å². The smallest absolute Gasteiger partial charge is 0.170 e. The molecule has 1 aromatic carbocycles. The van der Waals surface area contributed by atoms with Gasteiger partial charge in [0.15, 0.2) is 5.84 Å². The van der Waals surface area contributed by atoms with Crippen LogP contribution in [-0.4, -0.2) is 23.0 Å². The first-order valence-corrected chi connectivity index (χ1v) is 7.74. The minimum Gasteiger partial charge on any atom is -0.409 e. The molecule has 20 heavy (non-hydrogen) atoms. The van der Waals surface area contributed by atoms with E-state index in [0.717, 1.165) is 28.0 Å². The summed E-state index contributed by atoms with van der Waals surface area (Å²) in [6.45, 7) is 1.69. The minimum absolute atomic E-state index is 0.135. The van der Waals surface area contributed by atoms with Gasteiger partial charge in [-0.1, -0.05) is 23.4 Å². The molecule has 2 aromatic rings. The topological polar surface area (TPSA) is 61.8 Å². The fourth-order valence-corrected chi connectivity index (χ4v) is 3.20. The molecule has 0 aliphatic carbocycles. The molecule has 2 rings (SSSR count). The van der Waals surface area contributed by atoms with Gasteiger partial charge in [-0.05, 0) is 51.6 Å². The van der Waals surface area contributed by atoms with E-state index in [1.54, 1.807) is 11.3 Å². The summed E-state index contributed by atoms with van der Waals surface area (Å²) in [6.07, 6.45) is 0. The molecule has 0 fully saturated rings. The van der Waals surface area contributed by atoms with Crippen molar-refractivity contribution in [2.24, 2.45) is 10.9 Å². The first kappa shape index (κ1) is 15.0. The zero-order valence-electron chi connectivity index (χ0n) is 11.1. The van der Waals surface area contributed by atoms with Crippen LogP contribution in [0.1, 0.15) is 16.7 Å². The van der Waals surface area contributed by atoms with Crippen molar-refractivity contribution >= 4 is 33.1 Å². The molecule has 0 spiro atoms. The van der Waals surface area contributed by atoms with Crippen molar-refractivity contribution in [3.8, 4) is 0 Å². The lowest BCUT2D eigenvalue weighted by atomic mass is 10.1. The van der Waals surface area contributed by atoms with E-state index in [-0.39, 0.29) is 5.84 Å². The monoisotopic (exact) mass is 353 g/mol. The standard InChI is InChI=1S/C14H16BrN3OS/c1-18(8-11-6-13(15)20-9-11)7-10-3-2-4-12(5-10)14(16)17-19/h2-6,9,19H,7-8H2,1H3,(H2,16,17). The zero-order valence-corrected chi connectivity index (χ0v) is 13.5. The van der Waals surface area contributed by atoms with Crippen molar-refractivity contribution < 1.29 is 5.21 Å². The van der Waals surface area contributed by atoms with E-state index in [0.29, 0.717) is 0 Å². The van der Waals surface area contributed by atoms with Crippen molar-refractivity contribution in [3.05, 3.63) is 56.2 Å². The van der Waals surface area contributed by atoms with E-state index in [4.69, 9.17) is 10.9 Å². The molecule has 1 heterocycles. The number of rotatable bonds is 5. The maximum absolute atomic E-state index is 8.71. The van der Waals surface area contributed by atoms with Gasteiger partial charge in [0.2, 0.25) is 0 Å². The summed E-state index contributed by atoms with van der Waals surface area (Å²) >= 11 is 5.16. The third kappa shape index (κ3) is 4.06. The van der Waals surface area contributed by atoms with Crippen molar-refractivity contribution in [2.75, 3.05) is 7.05 Å². The zero-order chi connectivity index (χ0) is 14.5. The summed E-state index contributed by atoms with van der Waals surface area (Å²) in [5.74, 6) is 0.135. The number of thiophene rings is 1. The largest absolute Gasteiger partial charge is 0.409 e. The van der Waals surface area contributed by atoms with E-state index in [2.05, 4.69) is 44.5 Å². The van der Waals surface area contributed by atoms with Crippen molar-refractivity contribution in [2.45, 2.75) is 13.1 Å². The number of nitrogens with zero attached hydrogens (tertiary/aromatic N) is 2. The molecule has 0 aliphatic rings. The summed E-state index contributed by atoms with van der Waals surface area (Å²) < 4.78 is 1.15. The number of nitrogens with two attached hydrogens (primary N) is 1. The fourth-order valence-electron chi connectivity index (χ4n) is 1.99. The number of hydrogen-bond acceptors (Lipinski definition) is 4. The van der Waals surface area contributed by atoms with Crippen molar-refractivity contribution in [1.82, 2.24) is 4.90 Å². The predicted octanol–water partition coefficient (Wildman–Crippen LogP) is 3.24. The highest BCUT2D eigenvalue weighted by Gasteiger charge is 2.06. The highest BCUT2D eigenvalue weighted by molar-refractivity contribution is 9.11. The number of amidine groups is 1. The molecule has 0 unspecified atom stereocenters. The summed E-state index contributed by atoms with van der Waals surface area (Å²) in [6, 6.07) is 9.85. The lowest BCUT2D eigenvalue weighted by Crippen LogP contribution is -2.18. The molecular formula is C14H16BrN3OS. The summed E-state index contributed by atoms with van der Waals surface area (Å²) in [5, 5.41) is 13.9. The summed E-state index contributed by atoms with van der Waals surface area (Å²) in [4.78, 5) is 2.22. The normalized spacial score (nSPS) is 12.1. The highest BCUT2D eigenvalue weighted by atomic mass is 79.9. The molecule has 0 saturated carbocycles. The summed E-state index contributed by atoms with van der Waals surface area (Å²) in [5.41, 5.74) is 8.76. The Hall–Kier alpha value is -1.37. The van der Waals surface area contributed by atoms with Crippen LogP contribution in [0.25, 0.3) is 0 Å². The Kier molecular flexibility index (Phi) is 5.17. The molecule has 0 atom stereocenters. The molecule has 0 amide bonds. The molecule has 106 valence electrons. The van der Waals surface area contributed by atoms with E-state index >= 15 is 0 Å². The fraction of sp³-hybridized carbons (Fsp3) is 0.214. The maximum Gasteiger partial charge on any atom is 0.170 e. The number of benzene rings is 1. The lowest BCUT2D eigenvalue weighted by molar-refractivity contribution is 0.318. The Morgan fingerprint density at radius 3 is 2.75 bits per heavy atom. The summed E-state index contributed by atoms with van der Waals surface area (Å²) in [7, 11) is 2.07. The Morgan fingerprint density at radius 1 is 1.35 bits per heavy atom. The molecule has 1 aromatic heterocycles. The molecule has 0 bridgehead atoms. The quantitative estimate of drug-likeness (QED) is 0.375. The van der Waals surface area contributed by atoms with Gasteiger partial charge in [-0.2, -0.15) is 0 Å². The van der Waals surface area contributed by atoms with Gasteiger partial charge in [0.1, 0.15) is 0 Å². The van der Waals surface area contributed by atoms with Gasteiger partial charge in [-0.3, -0.25) is 4.90 Å². The van der Waals surface area contributed by atoms with Gasteiger partial charge in [-0.25, -0.2) is 0 Å². The van der Waals surface area contributed by atoms with E-state index < -0.39 is 0 Å². The SMILES string of the molecule is CN(Cc1cccc(C(N)=NO)c1)Cc1csc(Br)c1. The average molecular weight is 354 g/mol. The Morgan fingerprint density at radius 2 is 2.10 bits per heavy atom. The van der Waals surface area contributed by atoms with Crippen LogP contribution in [-0.2, 0) is 13.1 Å². The second-order valence-corrected chi connectivity index (χ2v) is 6.91. The van der Waals surface area contributed by atoms with Gasteiger partial charge < -0.3 is 10.9 Å². The third-order valence-electron chi connectivity index (χ3n) is 2.86. The predicted molar refractivity (Wildman–Crippen MR) is 86.1 cm³/mol. The molecule has 0 saturated heterocycles. The van der Waals surface area contributed by atoms with E-state index in [9.17, 15) is 0 Å². The van der Waals surface area contributed by atoms with Crippen LogP contribution in [0.15, 0.2) is 44.7 Å². The number of oxime groups is 1. The first-order valence-electron chi connectivity index (χ1n) is 6.07. The number of hydrogen-bond donors (Lipinski definition) is 2. The van der Waals surface area contributed by atoms with Crippen molar-refractivity contribution in [1.29, 1.82) is 0 Å². The van der Waals surface area contributed by atoms with Crippen LogP contribution >= 0.6 is 27.3 Å². The third-order valence-corrected chi connectivity index (χ3v) is 4.41. The van der Waals surface area contributed by atoms with Crippen LogP contribution in [0.3, 0.4) is 0 Å². The molecule has 0 aliphatic heterocycles. The second-order valence-electron chi connectivity index (χ2n) is 4.62. The van der Waals surface area contributed by atoms with E-state index in [1.807, 2.05) is 24.3 Å². The van der Waals surface area contributed by atoms with Crippen LogP contribution < -0.4 is 5.73 Å². The highest BCUT2D eigenvalue weighted by Crippen LogP contribution is 2.22. The minimum atomic E-state index is 0.135. The first-order chi connectivity index (χ1) is 9.58. The van der Waals surface area contributed by atoms with Gasteiger partial charge in [-0.15, -0.1) is 11.3 Å². The molecular weight excluding hydrogens is 338 g/mol. The lowest BCUT2D eigenvalue weighted by Gasteiger charge is -2.16. The second kappa shape index (κ2) is 6.88. The van der Waals surface area contributed by atoms with E-state index in [1.165, 1.54) is 5.56 Å². The van der Waals surface area contributed by atoms with Crippen molar-refractivity contribution in [3.63, 3.8) is 0 Å². The Balaban J connectivity index is 2.02. The molecule has 3 N–H and O–H groups in total. The Labute approximate surface area is 130 Å². The Bertz CT molecular complexity index is 612. The number of halogens is 1. The average Bonchev–Trinajstić information content (AvgIpc) is 2.83. The van der Waals surface area contributed by atoms with Crippen LogP contribution in [0.4, 0.5) is 0 Å². The van der Waals surface area contributed by atoms with Gasteiger partial charge >= 0.3 is 0 Å². The van der Waals surface area contributed by atoms with Crippen LogP contribution in [0.5, 0.6) is 0 Å². The van der Waals surface area contributed by atoms with Gasteiger partial charge in [0.05, 0.1) is 3.79 Å². The van der Waals surface area contributed by atoms with Gasteiger partial charge in [0, 0.05) is 18.7 Å². The van der Waals surface area contributed by atoms with Crippen LogP contribution in [0.2, 0.25) is 0 Å². The molecule has 6 heteroatoms. The molecule has 4 nitrogen and oxygen atoms in total. The molecule has 0 radical (unpaired) electrons.